The first-order chi connectivity index (χ1) is 13.7. The number of hydrogen-bond acceptors (Lipinski definition) is 4. The topological polar surface area (TPSA) is 79.8 Å². The van der Waals surface area contributed by atoms with E-state index in [1.807, 2.05) is 36.4 Å². The monoisotopic (exact) mass is 373 g/mol. The molecule has 28 heavy (non-hydrogen) atoms. The first-order valence-electron chi connectivity index (χ1n) is 8.63. The number of carbonyl (C=O) groups excluding carboxylic acids is 2. The summed E-state index contributed by atoms with van der Waals surface area (Å²) in [6.07, 6.45) is 3.08. The fraction of sp³-hybridized carbons (Fsp3) is 0.0455. The SMILES string of the molecule is C=CCOc1cccc(/C=N\NC(=O)C(=O)Nc2cccc3ccccc23)c1. The van der Waals surface area contributed by atoms with Gasteiger partial charge in [-0.1, -0.05) is 61.2 Å². The van der Waals surface area contributed by atoms with E-state index in [2.05, 4.69) is 22.4 Å². The average Bonchev–Trinajstić information content (AvgIpc) is 2.72. The Morgan fingerprint density at radius 2 is 1.79 bits per heavy atom. The van der Waals surface area contributed by atoms with Gasteiger partial charge in [0.25, 0.3) is 0 Å². The van der Waals surface area contributed by atoms with Crippen LogP contribution in [-0.2, 0) is 9.59 Å². The van der Waals surface area contributed by atoms with Gasteiger partial charge in [-0.3, -0.25) is 9.59 Å². The quantitative estimate of drug-likeness (QED) is 0.300. The summed E-state index contributed by atoms with van der Waals surface area (Å²) in [7, 11) is 0. The average molecular weight is 373 g/mol. The summed E-state index contributed by atoms with van der Waals surface area (Å²) in [5, 5.41) is 8.26. The number of fused-ring (bicyclic) bond motifs is 1. The normalized spacial score (nSPS) is 10.6. The minimum Gasteiger partial charge on any atom is -0.490 e. The zero-order valence-corrected chi connectivity index (χ0v) is 15.1. The van der Waals surface area contributed by atoms with E-state index in [0.717, 1.165) is 16.3 Å². The minimum atomic E-state index is -0.858. The molecule has 0 saturated carbocycles. The molecular formula is C22H19N3O3. The second-order valence-electron chi connectivity index (χ2n) is 5.85. The molecule has 6 heteroatoms. The van der Waals surface area contributed by atoms with Crippen molar-refractivity contribution in [3.8, 4) is 5.75 Å². The predicted octanol–water partition coefficient (Wildman–Crippen LogP) is 3.49. The molecule has 0 fully saturated rings. The molecule has 2 N–H and O–H groups in total. The molecule has 0 spiro atoms. The summed E-state index contributed by atoms with van der Waals surface area (Å²) in [5.74, 6) is -0.997. The van der Waals surface area contributed by atoms with Gasteiger partial charge in [-0.15, -0.1) is 0 Å². The maximum absolute atomic E-state index is 12.1. The van der Waals surface area contributed by atoms with Crippen molar-refractivity contribution in [2.24, 2.45) is 5.10 Å². The Morgan fingerprint density at radius 1 is 1.00 bits per heavy atom. The molecule has 2 amide bonds. The van der Waals surface area contributed by atoms with Crippen molar-refractivity contribution in [3.05, 3.63) is 84.9 Å². The zero-order chi connectivity index (χ0) is 19.8. The Bertz CT molecular complexity index is 1040. The Balaban J connectivity index is 1.61. The number of carbonyl (C=O) groups is 2. The molecule has 6 nitrogen and oxygen atoms in total. The molecule has 0 bridgehead atoms. The molecule has 3 aromatic rings. The molecule has 3 aromatic carbocycles. The van der Waals surface area contributed by atoms with Crippen LogP contribution >= 0.6 is 0 Å². The van der Waals surface area contributed by atoms with Gasteiger partial charge in [-0.25, -0.2) is 5.43 Å². The first kappa shape index (κ1) is 18.8. The van der Waals surface area contributed by atoms with Crippen LogP contribution in [-0.4, -0.2) is 24.6 Å². The molecular weight excluding hydrogens is 354 g/mol. The van der Waals surface area contributed by atoms with E-state index in [1.54, 1.807) is 36.4 Å². The lowest BCUT2D eigenvalue weighted by Gasteiger charge is -2.07. The maximum Gasteiger partial charge on any atom is 0.329 e. The number of ether oxygens (including phenoxy) is 1. The van der Waals surface area contributed by atoms with Crippen molar-refractivity contribution in [1.29, 1.82) is 0 Å². The first-order valence-corrected chi connectivity index (χ1v) is 8.63. The van der Waals surface area contributed by atoms with Crippen LogP contribution in [0, 0.1) is 0 Å². The number of nitrogens with one attached hydrogen (secondary N) is 2. The highest BCUT2D eigenvalue weighted by molar-refractivity contribution is 6.40. The maximum atomic E-state index is 12.1. The van der Waals surface area contributed by atoms with Crippen LogP contribution in [0.5, 0.6) is 5.75 Å². The molecule has 0 aromatic heterocycles. The fourth-order valence-corrected chi connectivity index (χ4v) is 2.57. The van der Waals surface area contributed by atoms with Crippen LogP contribution in [0.3, 0.4) is 0 Å². The number of amides is 2. The second-order valence-corrected chi connectivity index (χ2v) is 5.85. The lowest BCUT2D eigenvalue weighted by molar-refractivity contribution is -0.136. The highest BCUT2D eigenvalue weighted by Gasteiger charge is 2.14. The largest absolute Gasteiger partial charge is 0.490 e. The van der Waals surface area contributed by atoms with Crippen molar-refractivity contribution < 1.29 is 14.3 Å². The van der Waals surface area contributed by atoms with Crippen LogP contribution < -0.4 is 15.5 Å². The Labute approximate surface area is 162 Å². The van der Waals surface area contributed by atoms with E-state index in [1.165, 1.54) is 6.21 Å². The van der Waals surface area contributed by atoms with E-state index in [4.69, 9.17) is 4.74 Å². The van der Waals surface area contributed by atoms with Gasteiger partial charge in [-0.05, 0) is 29.1 Å². The van der Waals surface area contributed by atoms with Crippen LogP contribution in [0.15, 0.2) is 84.5 Å². The van der Waals surface area contributed by atoms with E-state index < -0.39 is 11.8 Å². The van der Waals surface area contributed by atoms with Crippen molar-refractivity contribution in [2.45, 2.75) is 0 Å². The van der Waals surface area contributed by atoms with Crippen LogP contribution in [0.1, 0.15) is 5.56 Å². The van der Waals surface area contributed by atoms with Gasteiger partial charge in [0, 0.05) is 11.1 Å². The number of hydrogen-bond donors (Lipinski definition) is 2. The molecule has 0 aliphatic carbocycles. The van der Waals surface area contributed by atoms with Crippen LogP contribution in [0.4, 0.5) is 5.69 Å². The summed E-state index contributed by atoms with van der Waals surface area (Å²) in [6, 6.07) is 20.2. The third-order valence-electron chi connectivity index (χ3n) is 3.85. The van der Waals surface area contributed by atoms with Crippen molar-refractivity contribution in [1.82, 2.24) is 5.43 Å². The second kappa shape index (κ2) is 9.14. The number of benzene rings is 3. The molecule has 0 radical (unpaired) electrons. The van der Waals surface area contributed by atoms with Crippen molar-refractivity contribution in [2.75, 3.05) is 11.9 Å². The number of hydrazone groups is 1. The van der Waals surface area contributed by atoms with Gasteiger partial charge in [0.2, 0.25) is 0 Å². The van der Waals surface area contributed by atoms with Gasteiger partial charge in [0.15, 0.2) is 0 Å². The summed E-state index contributed by atoms with van der Waals surface area (Å²) in [5.41, 5.74) is 3.51. The smallest absolute Gasteiger partial charge is 0.329 e. The van der Waals surface area contributed by atoms with Crippen molar-refractivity contribution in [3.63, 3.8) is 0 Å². The van der Waals surface area contributed by atoms with Gasteiger partial charge in [0.1, 0.15) is 12.4 Å². The molecule has 0 aliphatic heterocycles. The summed E-state index contributed by atoms with van der Waals surface area (Å²) >= 11 is 0. The summed E-state index contributed by atoms with van der Waals surface area (Å²) in [6.45, 7) is 3.99. The van der Waals surface area contributed by atoms with Gasteiger partial charge >= 0.3 is 11.8 Å². The Morgan fingerprint density at radius 3 is 2.64 bits per heavy atom. The molecule has 140 valence electrons. The van der Waals surface area contributed by atoms with Gasteiger partial charge < -0.3 is 10.1 Å². The van der Waals surface area contributed by atoms with Crippen molar-refractivity contribution >= 4 is 34.5 Å². The predicted molar refractivity (Wildman–Crippen MR) is 110 cm³/mol. The fourth-order valence-electron chi connectivity index (χ4n) is 2.57. The summed E-state index contributed by atoms with van der Waals surface area (Å²) in [4.78, 5) is 24.2. The highest BCUT2D eigenvalue weighted by atomic mass is 16.5. The summed E-state index contributed by atoms with van der Waals surface area (Å²) < 4.78 is 5.43. The van der Waals surface area contributed by atoms with E-state index >= 15 is 0 Å². The highest BCUT2D eigenvalue weighted by Crippen LogP contribution is 2.22. The lowest BCUT2D eigenvalue weighted by Crippen LogP contribution is -2.32. The Kier molecular flexibility index (Phi) is 6.15. The molecule has 0 atom stereocenters. The van der Waals surface area contributed by atoms with Crippen LogP contribution in [0.2, 0.25) is 0 Å². The lowest BCUT2D eigenvalue weighted by atomic mass is 10.1. The van der Waals surface area contributed by atoms with E-state index in [0.29, 0.717) is 18.0 Å². The molecule has 0 unspecified atom stereocenters. The standard InChI is InChI=1S/C22H19N3O3/c1-2-13-28-18-10-5-7-16(14-18)15-23-25-22(27)21(26)24-20-12-6-9-17-8-3-4-11-19(17)20/h2-12,14-15H,1,13H2,(H,24,26)(H,25,27)/b23-15-. The third-order valence-corrected chi connectivity index (χ3v) is 3.85. The minimum absolute atomic E-state index is 0.395. The number of nitrogens with zero attached hydrogens (tertiary/aromatic N) is 1. The zero-order valence-electron chi connectivity index (χ0n) is 15.1. The molecule has 0 saturated heterocycles. The molecule has 0 heterocycles. The number of rotatable bonds is 6. The van der Waals surface area contributed by atoms with Crippen LogP contribution in [0.25, 0.3) is 10.8 Å². The molecule has 3 rings (SSSR count). The van der Waals surface area contributed by atoms with Gasteiger partial charge in [-0.2, -0.15) is 5.10 Å². The molecule has 0 aliphatic rings. The van der Waals surface area contributed by atoms with Gasteiger partial charge in [0.05, 0.1) is 6.21 Å². The number of anilines is 1. The Hall–Kier alpha value is -3.93. The van der Waals surface area contributed by atoms with E-state index in [-0.39, 0.29) is 0 Å². The van der Waals surface area contributed by atoms with E-state index in [9.17, 15) is 9.59 Å². The third kappa shape index (κ3) is 4.82.